The van der Waals surface area contributed by atoms with Crippen LogP contribution in [0, 0.1) is 5.82 Å². The lowest BCUT2D eigenvalue weighted by molar-refractivity contribution is -0.125. The molecule has 1 unspecified atom stereocenters. The van der Waals surface area contributed by atoms with Gasteiger partial charge in [0.1, 0.15) is 11.9 Å². The van der Waals surface area contributed by atoms with Crippen LogP contribution in [0.3, 0.4) is 0 Å². The Morgan fingerprint density at radius 1 is 1.29 bits per heavy atom. The lowest BCUT2D eigenvalue weighted by Gasteiger charge is -2.25. The molecule has 0 aromatic heterocycles. The highest BCUT2D eigenvalue weighted by Crippen LogP contribution is 2.19. The first-order valence-electron chi connectivity index (χ1n) is 7.11. The molecule has 0 aliphatic carbocycles. The van der Waals surface area contributed by atoms with E-state index in [0.717, 1.165) is 6.42 Å². The number of likely N-dealkylation sites (tertiary alicyclic amines) is 1. The van der Waals surface area contributed by atoms with Crippen LogP contribution in [0.4, 0.5) is 14.9 Å². The van der Waals surface area contributed by atoms with Crippen molar-refractivity contribution in [2.45, 2.75) is 38.8 Å². The number of nitrogens with zero attached hydrogens (tertiary/aromatic N) is 1. The molecule has 0 radical (unpaired) electrons. The summed E-state index contributed by atoms with van der Waals surface area (Å²) in [6.07, 6.45) is 1.46. The number of rotatable bonds is 3. The van der Waals surface area contributed by atoms with Crippen molar-refractivity contribution in [1.82, 2.24) is 10.2 Å². The van der Waals surface area contributed by atoms with Crippen molar-refractivity contribution >= 4 is 17.6 Å². The molecule has 6 heteroatoms. The zero-order chi connectivity index (χ0) is 15.4. The molecule has 5 nitrogen and oxygen atoms in total. The Balaban J connectivity index is 2.00. The van der Waals surface area contributed by atoms with Crippen molar-refractivity contribution in [2.24, 2.45) is 0 Å². The first-order valence-corrected chi connectivity index (χ1v) is 7.11. The lowest BCUT2D eigenvalue weighted by atomic mass is 10.2. The van der Waals surface area contributed by atoms with Crippen LogP contribution in [0.5, 0.6) is 0 Å². The highest BCUT2D eigenvalue weighted by molar-refractivity contribution is 5.94. The van der Waals surface area contributed by atoms with Gasteiger partial charge < -0.3 is 15.5 Å². The Kier molecular flexibility index (Phi) is 4.77. The predicted molar refractivity (Wildman–Crippen MR) is 78.4 cm³/mol. The van der Waals surface area contributed by atoms with Gasteiger partial charge in [0.15, 0.2) is 0 Å². The number of hydrogen-bond acceptors (Lipinski definition) is 2. The topological polar surface area (TPSA) is 61.4 Å². The van der Waals surface area contributed by atoms with Crippen LogP contribution in [0.15, 0.2) is 24.3 Å². The second-order valence-electron chi connectivity index (χ2n) is 5.45. The average molecular weight is 293 g/mol. The zero-order valence-corrected chi connectivity index (χ0v) is 12.2. The molecule has 2 N–H and O–H groups in total. The molecule has 0 saturated carbocycles. The summed E-state index contributed by atoms with van der Waals surface area (Å²) in [6.45, 7) is 4.31. The molecular weight excluding hydrogens is 273 g/mol. The number of hydrogen-bond donors (Lipinski definition) is 2. The smallest absolute Gasteiger partial charge is 0.322 e. The van der Waals surface area contributed by atoms with E-state index in [0.29, 0.717) is 18.7 Å². The van der Waals surface area contributed by atoms with E-state index in [1.54, 1.807) is 0 Å². The molecule has 21 heavy (non-hydrogen) atoms. The van der Waals surface area contributed by atoms with Crippen LogP contribution in [0.25, 0.3) is 0 Å². The Morgan fingerprint density at radius 3 is 2.57 bits per heavy atom. The van der Waals surface area contributed by atoms with Gasteiger partial charge in [0.25, 0.3) is 0 Å². The van der Waals surface area contributed by atoms with E-state index < -0.39 is 6.04 Å². The molecule has 1 aromatic rings. The quantitative estimate of drug-likeness (QED) is 0.898. The maximum absolute atomic E-state index is 12.8. The fourth-order valence-corrected chi connectivity index (χ4v) is 2.39. The van der Waals surface area contributed by atoms with Gasteiger partial charge >= 0.3 is 6.03 Å². The third-order valence-corrected chi connectivity index (χ3v) is 3.34. The predicted octanol–water partition coefficient (Wildman–Crippen LogP) is 2.35. The maximum Gasteiger partial charge on any atom is 0.322 e. The third kappa shape index (κ3) is 3.93. The van der Waals surface area contributed by atoms with Gasteiger partial charge in [-0.1, -0.05) is 0 Å². The summed E-state index contributed by atoms with van der Waals surface area (Å²) >= 11 is 0. The summed E-state index contributed by atoms with van der Waals surface area (Å²) < 4.78 is 12.8. The average Bonchev–Trinajstić information content (AvgIpc) is 2.90. The molecule has 1 aliphatic rings. The van der Waals surface area contributed by atoms with E-state index >= 15 is 0 Å². The van der Waals surface area contributed by atoms with E-state index in [4.69, 9.17) is 0 Å². The van der Waals surface area contributed by atoms with Gasteiger partial charge in [0.05, 0.1) is 0 Å². The molecule has 1 aliphatic heterocycles. The van der Waals surface area contributed by atoms with Crippen molar-refractivity contribution in [3.8, 4) is 0 Å². The van der Waals surface area contributed by atoms with E-state index in [1.165, 1.54) is 29.2 Å². The van der Waals surface area contributed by atoms with Crippen LogP contribution in [-0.2, 0) is 4.79 Å². The fraction of sp³-hybridized carbons (Fsp3) is 0.467. The first-order chi connectivity index (χ1) is 9.97. The van der Waals surface area contributed by atoms with E-state index in [-0.39, 0.29) is 23.8 Å². The van der Waals surface area contributed by atoms with Gasteiger partial charge in [-0.25, -0.2) is 9.18 Å². The number of nitrogens with one attached hydrogen (secondary N) is 2. The summed E-state index contributed by atoms with van der Waals surface area (Å²) in [6, 6.07) is 4.82. The minimum atomic E-state index is -0.437. The molecule has 1 atom stereocenters. The van der Waals surface area contributed by atoms with Gasteiger partial charge in [-0.3, -0.25) is 4.79 Å². The minimum absolute atomic E-state index is 0.0418. The number of halogens is 1. The SMILES string of the molecule is CC(C)NC(=O)C1CCCN1C(=O)Nc1ccc(F)cc1. The van der Waals surface area contributed by atoms with Crippen LogP contribution >= 0.6 is 0 Å². The number of amides is 3. The van der Waals surface area contributed by atoms with Crippen molar-refractivity contribution in [1.29, 1.82) is 0 Å². The molecule has 0 bridgehead atoms. The summed E-state index contributed by atoms with van der Waals surface area (Å²) in [5.41, 5.74) is 0.510. The van der Waals surface area contributed by atoms with E-state index in [2.05, 4.69) is 10.6 Å². The molecule has 3 amide bonds. The Labute approximate surface area is 123 Å². The molecule has 2 rings (SSSR count). The molecule has 1 saturated heterocycles. The lowest BCUT2D eigenvalue weighted by Crippen LogP contribution is -2.48. The summed E-state index contributed by atoms with van der Waals surface area (Å²) in [4.78, 5) is 25.9. The van der Waals surface area contributed by atoms with Crippen molar-refractivity contribution in [2.75, 3.05) is 11.9 Å². The normalized spacial score (nSPS) is 17.9. The van der Waals surface area contributed by atoms with Gasteiger partial charge in [-0.2, -0.15) is 0 Å². The second kappa shape index (κ2) is 6.56. The first kappa shape index (κ1) is 15.3. The van der Waals surface area contributed by atoms with E-state index in [1.807, 2.05) is 13.8 Å². The summed E-state index contributed by atoms with van der Waals surface area (Å²) in [5.74, 6) is -0.486. The second-order valence-corrected chi connectivity index (χ2v) is 5.45. The fourth-order valence-electron chi connectivity index (χ4n) is 2.39. The number of carbonyl (C=O) groups excluding carboxylic acids is 2. The third-order valence-electron chi connectivity index (χ3n) is 3.34. The van der Waals surface area contributed by atoms with Crippen molar-refractivity contribution in [3.05, 3.63) is 30.1 Å². The number of urea groups is 1. The van der Waals surface area contributed by atoms with Crippen LogP contribution in [-0.4, -0.2) is 35.5 Å². The zero-order valence-electron chi connectivity index (χ0n) is 12.2. The molecule has 0 spiro atoms. The monoisotopic (exact) mass is 293 g/mol. The van der Waals surface area contributed by atoms with Gasteiger partial charge in [-0.05, 0) is 51.0 Å². The van der Waals surface area contributed by atoms with Crippen LogP contribution in [0.1, 0.15) is 26.7 Å². The van der Waals surface area contributed by atoms with Gasteiger partial charge in [0.2, 0.25) is 5.91 Å². The molecule has 1 aromatic carbocycles. The Morgan fingerprint density at radius 2 is 1.95 bits per heavy atom. The largest absolute Gasteiger partial charge is 0.352 e. The standard InChI is InChI=1S/C15H20FN3O2/c1-10(2)17-14(20)13-4-3-9-19(13)15(21)18-12-7-5-11(16)6-8-12/h5-8,10,13H,3-4,9H2,1-2H3,(H,17,20)(H,18,21). The Hall–Kier alpha value is -2.11. The van der Waals surface area contributed by atoms with Crippen LogP contribution < -0.4 is 10.6 Å². The maximum atomic E-state index is 12.8. The highest BCUT2D eigenvalue weighted by Gasteiger charge is 2.34. The Bertz CT molecular complexity index is 516. The van der Waals surface area contributed by atoms with Crippen molar-refractivity contribution in [3.63, 3.8) is 0 Å². The minimum Gasteiger partial charge on any atom is -0.352 e. The summed E-state index contributed by atoms with van der Waals surface area (Å²) in [7, 11) is 0. The molecular formula is C15H20FN3O2. The molecule has 1 fully saturated rings. The van der Waals surface area contributed by atoms with Gasteiger partial charge in [-0.15, -0.1) is 0 Å². The number of anilines is 1. The van der Waals surface area contributed by atoms with Crippen LogP contribution in [0.2, 0.25) is 0 Å². The van der Waals surface area contributed by atoms with Crippen molar-refractivity contribution < 1.29 is 14.0 Å². The number of benzene rings is 1. The van der Waals surface area contributed by atoms with Gasteiger partial charge in [0, 0.05) is 18.3 Å². The molecule has 114 valence electrons. The van der Waals surface area contributed by atoms with E-state index in [9.17, 15) is 14.0 Å². The molecule has 1 heterocycles. The number of carbonyl (C=O) groups is 2. The summed E-state index contributed by atoms with van der Waals surface area (Å²) in [5, 5.41) is 5.52. The highest BCUT2D eigenvalue weighted by atomic mass is 19.1.